The van der Waals surface area contributed by atoms with E-state index in [2.05, 4.69) is 43.4 Å². The smallest absolute Gasteiger partial charge is 0.0522 e. The van der Waals surface area contributed by atoms with E-state index in [0.717, 1.165) is 28.6 Å². The van der Waals surface area contributed by atoms with Crippen molar-refractivity contribution in [1.29, 1.82) is 0 Å². The molecule has 2 unspecified atom stereocenters. The highest BCUT2D eigenvalue weighted by atomic mass is 79.9. The summed E-state index contributed by atoms with van der Waals surface area (Å²) in [6.45, 7) is 1.61. The SMILES string of the molecule is NNC(c1ccc(Br)cc1Br)C1CCOC1. The largest absolute Gasteiger partial charge is 0.381 e. The van der Waals surface area contributed by atoms with Crippen molar-refractivity contribution in [1.82, 2.24) is 5.43 Å². The summed E-state index contributed by atoms with van der Waals surface area (Å²) < 4.78 is 7.53. The second-order valence-corrected chi connectivity index (χ2v) is 5.70. The number of nitrogens with one attached hydrogen (secondary N) is 1. The van der Waals surface area contributed by atoms with Gasteiger partial charge in [-0.2, -0.15) is 0 Å². The third kappa shape index (κ3) is 2.65. The van der Waals surface area contributed by atoms with E-state index in [-0.39, 0.29) is 6.04 Å². The standard InChI is InChI=1S/C11H14Br2N2O/c12-8-1-2-9(10(13)5-8)11(15-14)7-3-4-16-6-7/h1-2,5,7,11,15H,3-4,6,14H2. The zero-order valence-electron chi connectivity index (χ0n) is 8.75. The zero-order chi connectivity index (χ0) is 11.5. The molecule has 2 atom stereocenters. The minimum absolute atomic E-state index is 0.143. The van der Waals surface area contributed by atoms with Crippen molar-refractivity contribution in [3.63, 3.8) is 0 Å². The van der Waals surface area contributed by atoms with Gasteiger partial charge in [-0.1, -0.05) is 37.9 Å². The van der Waals surface area contributed by atoms with Gasteiger partial charge in [0.25, 0.3) is 0 Å². The molecular formula is C11H14Br2N2O. The Kier molecular flexibility index (Phi) is 4.38. The molecule has 88 valence electrons. The molecule has 0 aromatic heterocycles. The first-order chi connectivity index (χ1) is 7.72. The zero-order valence-corrected chi connectivity index (χ0v) is 11.9. The molecule has 0 saturated carbocycles. The Morgan fingerprint density at radius 2 is 2.25 bits per heavy atom. The molecule has 16 heavy (non-hydrogen) atoms. The van der Waals surface area contributed by atoms with Crippen molar-refractivity contribution in [2.45, 2.75) is 12.5 Å². The minimum Gasteiger partial charge on any atom is -0.381 e. The maximum absolute atomic E-state index is 5.65. The summed E-state index contributed by atoms with van der Waals surface area (Å²) in [5.41, 5.74) is 4.08. The van der Waals surface area contributed by atoms with Crippen molar-refractivity contribution in [2.24, 2.45) is 11.8 Å². The van der Waals surface area contributed by atoms with Crippen LogP contribution in [0.3, 0.4) is 0 Å². The second-order valence-electron chi connectivity index (χ2n) is 3.93. The van der Waals surface area contributed by atoms with Gasteiger partial charge in [-0.25, -0.2) is 0 Å². The number of hydrogen-bond donors (Lipinski definition) is 2. The topological polar surface area (TPSA) is 47.3 Å². The summed E-state index contributed by atoms with van der Waals surface area (Å²) in [4.78, 5) is 0. The molecular weight excluding hydrogens is 336 g/mol. The summed E-state index contributed by atoms with van der Waals surface area (Å²) in [5.74, 6) is 6.10. The number of ether oxygens (including phenoxy) is 1. The lowest BCUT2D eigenvalue weighted by Gasteiger charge is -2.23. The molecule has 2 rings (SSSR count). The van der Waals surface area contributed by atoms with Crippen LogP contribution in [-0.4, -0.2) is 13.2 Å². The molecule has 5 heteroatoms. The van der Waals surface area contributed by atoms with Crippen LogP contribution >= 0.6 is 31.9 Å². The molecule has 1 fully saturated rings. The highest BCUT2D eigenvalue weighted by Gasteiger charge is 2.27. The fraction of sp³-hybridized carbons (Fsp3) is 0.455. The van der Waals surface area contributed by atoms with E-state index >= 15 is 0 Å². The highest BCUT2D eigenvalue weighted by Crippen LogP contribution is 2.33. The third-order valence-corrected chi connectivity index (χ3v) is 4.09. The number of benzene rings is 1. The Bertz CT molecular complexity index is 367. The first-order valence-corrected chi connectivity index (χ1v) is 6.80. The molecule has 0 bridgehead atoms. The summed E-state index contributed by atoms with van der Waals surface area (Å²) >= 11 is 7.01. The van der Waals surface area contributed by atoms with Crippen molar-refractivity contribution in [2.75, 3.05) is 13.2 Å². The van der Waals surface area contributed by atoms with Crippen LogP contribution in [0.1, 0.15) is 18.0 Å². The molecule has 0 spiro atoms. The molecule has 0 aliphatic carbocycles. The highest BCUT2D eigenvalue weighted by molar-refractivity contribution is 9.11. The van der Waals surface area contributed by atoms with E-state index in [1.807, 2.05) is 12.1 Å². The number of hydrogen-bond acceptors (Lipinski definition) is 3. The van der Waals surface area contributed by atoms with Gasteiger partial charge in [0.1, 0.15) is 0 Å². The van der Waals surface area contributed by atoms with Gasteiger partial charge in [0.2, 0.25) is 0 Å². The summed E-state index contributed by atoms with van der Waals surface area (Å²) in [6.07, 6.45) is 1.05. The van der Waals surface area contributed by atoms with E-state index in [4.69, 9.17) is 10.6 Å². The normalized spacial score (nSPS) is 22.3. The molecule has 1 aromatic rings. The van der Waals surface area contributed by atoms with E-state index in [1.54, 1.807) is 0 Å². The lowest BCUT2D eigenvalue weighted by Crippen LogP contribution is -2.34. The van der Waals surface area contributed by atoms with E-state index in [0.29, 0.717) is 5.92 Å². The van der Waals surface area contributed by atoms with Crippen LogP contribution in [0, 0.1) is 5.92 Å². The van der Waals surface area contributed by atoms with Crippen LogP contribution in [0.5, 0.6) is 0 Å². The van der Waals surface area contributed by atoms with Gasteiger partial charge < -0.3 is 4.74 Å². The van der Waals surface area contributed by atoms with Crippen molar-refractivity contribution >= 4 is 31.9 Å². The third-order valence-electron chi connectivity index (χ3n) is 2.91. The summed E-state index contributed by atoms with van der Waals surface area (Å²) in [5, 5.41) is 0. The Morgan fingerprint density at radius 1 is 1.44 bits per heavy atom. The maximum Gasteiger partial charge on any atom is 0.0522 e. The Balaban J connectivity index is 2.25. The van der Waals surface area contributed by atoms with Gasteiger partial charge >= 0.3 is 0 Å². The summed E-state index contributed by atoms with van der Waals surface area (Å²) in [6, 6.07) is 6.29. The first kappa shape index (κ1) is 12.5. The van der Waals surface area contributed by atoms with Crippen molar-refractivity contribution in [3.8, 4) is 0 Å². The Morgan fingerprint density at radius 3 is 2.81 bits per heavy atom. The predicted molar refractivity (Wildman–Crippen MR) is 70.8 cm³/mol. The average molecular weight is 350 g/mol. The number of hydrazine groups is 1. The van der Waals surface area contributed by atoms with Gasteiger partial charge in [-0.05, 0) is 24.1 Å². The first-order valence-electron chi connectivity index (χ1n) is 5.21. The van der Waals surface area contributed by atoms with Crippen LogP contribution < -0.4 is 11.3 Å². The van der Waals surface area contributed by atoms with Gasteiger partial charge in [-0.15, -0.1) is 0 Å². The average Bonchev–Trinajstić information content (AvgIpc) is 2.75. The quantitative estimate of drug-likeness (QED) is 0.651. The molecule has 1 aliphatic rings. The Labute approximate surface area is 112 Å². The molecule has 0 radical (unpaired) electrons. The molecule has 1 saturated heterocycles. The van der Waals surface area contributed by atoms with Crippen LogP contribution in [0.25, 0.3) is 0 Å². The number of rotatable bonds is 3. The van der Waals surface area contributed by atoms with Crippen LogP contribution in [0.15, 0.2) is 27.1 Å². The fourth-order valence-electron chi connectivity index (χ4n) is 2.05. The molecule has 3 nitrogen and oxygen atoms in total. The monoisotopic (exact) mass is 348 g/mol. The summed E-state index contributed by atoms with van der Waals surface area (Å²) in [7, 11) is 0. The lowest BCUT2D eigenvalue weighted by molar-refractivity contribution is 0.176. The Hall–Kier alpha value is 0.0600. The number of nitrogens with two attached hydrogens (primary N) is 1. The van der Waals surface area contributed by atoms with Gasteiger partial charge in [0.15, 0.2) is 0 Å². The van der Waals surface area contributed by atoms with Crippen LogP contribution in [-0.2, 0) is 4.74 Å². The molecule has 3 N–H and O–H groups in total. The van der Waals surface area contributed by atoms with Crippen LogP contribution in [0.2, 0.25) is 0 Å². The van der Waals surface area contributed by atoms with Crippen LogP contribution in [0.4, 0.5) is 0 Å². The van der Waals surface area contributed by atoms with Gasteiger partial charge in [-0.3, -0.25) is 11.3 Å². The maximum atomic E-state index is 5.65. The van der Waals surface area contributed by atoms with Gasteiger partial charge in [0.05, 0.1) is 12.6 Å². The fourth-order valence-corrected chi connectivity index (χ4v) is 3.34. The predicted octanol–water partition coefficient (Wildman–Crippen LogP) is 2.75. The minimum atomic E-state index is 0.143. The van der Waals surface area contributed by atoms with E-state index in [9.17, 15) is 0 Å². The second kappa shape index (κ2) is 5.60. The molecule has 1 aliphatic heterocycles. The van der Waals surface area contributed by atoms with E-state index in [1.165, 1.54) is 5.56 Å². The molecule has 0 amide bonds. The van der Waals surface area contributed by atoms with Gasteiger partial charge in [0, 0.05) is 21.5 Å². The van der Waals surface area contributed by atoms with E-state index < -0.39 is 0 Å². The lowest BCUT2D eigenvalue weighted by atomic mass is 9.93. The molecule has 1 aromatic carbocycles. The van der Waals surface area contributed by atoms with Crippen molar-refractivity contribution < 1.29 is 4.74 Å². The molecule has 1 heterocycles. The number of halogens is 2. The van der Waals surface area contributed by atoms with Crippen molar-refractivity contribution in [3.05, 3.63) is 32.7 Å².